The van der Waals surface area contributed by atoms with Gasteiger partial charge in [-0.05, 0) is 12.8 Å². The summed E-state index contributed by atoms with van der Waals surface area (Å²) in [6.45, 7) is 0. The van der Waals surface area contributed by atoms with Gasteiger partial charge >= 0.3 is 11.9 Å². The van der Waals surface area contributed by atoms with Gasteiger partial charge in [0.1, 0.15) is 5.25 Å². The van der Waals surface area contributed by atoms with Crippen LogP contribution in [0, 0.1) is 0 Å². The summed E-state index contributed by atoms with van der Waals surface area (Å²) in [6, 6.07) is 0. The zero-order valence-electron chi connectivity index (χ0n) is 7.50. The standard InChI is InChI=1S/C7H10F2O4S/c1-13-6(10)7(8,9)5-3-2-4-14(5,11)12/h5H,2-4H2,1H3. The summed E-state index contributed by atoms with van der Waals surface area (Å²) in [4.78, 5) is 10.7. The van der Waals surface area contributed by atoms with Gasteiger partial charge in [-0.25, -0.2) is 13.2 Å². The lowest BCUT2D eigenvalue weighted by Crippen LogP contribution is -2.44. The number of hydrogen-bond donors (Lipinski definition) is 0. The molecule has 1 aliphatic rings. The summed E-state index contributed by atoms with van der Waals surface area (Å²) < 4.78 is 52.5. The maximum absolute atomic E-state index is 13.2. The van der Waals surface area contributed by atoms with Gasteiger partial charge in [-0.15, -0.1) is 0 Å². The van der Waals surface area contributed by atoms with Crippen LogP contribution in [0.4, 0.5) is 8.78 Å². The van der Waals surface area contributed by atoms with Gasteiger partial charge in [0.05, 0.1) is 12.9 Å². The van der Waals surface area contributed by atoms with Crippen molar-refractivity contribution in [2.75, 3.05) is 12.9 Å². The van der Waals surface area contributed by atoms with Crippen LogP contribution in [0.1, 0.15) is 12.8 Å². The number of ether oxygens (including phenoxy) is 1. The van der Waals surface area contributed by atoms with E-state index in [0.717, 1.165) is 7.11 Å². The second-order valence-corrected chi connectivity index (χ2v) is 5.42. The van der Waals surface area contributed by atoms with Gasteiger partial charge in [-0.3, -0.25) is 0 Å². The van der Waals surface area contributed by atoms with Crippen molar-refractivity contribution in [1.29, 1.82) is 0 Å². The molecule has 7 heteroatoms. The van der Waals surface area contributed by atoms with Crippen molar-refractivity contribution in [1.82, 2.24) is 0 Å². The van der Waals surface area contributed by atoms with Gasteiger partial charge in [0, 0.05) is 0 Å². The van der Waals surface area contributed by atoms with Gasteiger partial charge in [0.25, 0.3) is 0 Å². The van der Waals surface area contributed by atoms with Crippen molar-refractivity contribution in [2.24, 2.45) is 0 Å². The SMILES string of the molecule is COC(=O)C(F)(F)C1CCCS1(=O)=O. The second-order valence-electron chi connectivity index (χ2n) is 3.11. The normalized spacial score (nSPS) is 26.1. The number of methoxy groups -OCH3 is 1. The van der Waals surface area contributed by atoms with E-state index in [0.29, 0.717) is 0 Å². The van der Waals surface area contributed by atoms with Gasteiger partial charge in [0.15, 0.2) is 9.84 Å². The summed E-state index contributed by atoms with van der Waals surface area (Å²) >= 11 is 0. The average molecular weight is 228 g/mol. The minimum Gasteiger partial charge on any atom is -0.465 e. The molecule has 0 bridgehead atoms. The molecular weight excluding hydrogens is 218 g/mol. The molecule has 1 rings (SSSR count). The molecule has 0 saturated carbocycles. The molecule has 0 aromatic heterocycles. The number of carbonyl (C=O) groups excluding carboxylic acids is 1. The molecule has 82 valence electrons. The number of hydrogen-bond acceptors (Lipinski definition) is 4. The molecule has 1 heterocycles. The summed E-state index contributed by atoms with van der Waals surface area (Å²) in [5, 5.41) is -1.91. The van der Waals surface area contributed by atoms with E-state index in [-0.39, 0.29) is 18.6 Å². The van der Waals surface area contributed by atoms with Gasteiger partial charge in [0.2, 0.25) is 0 Å². The van der Waals surface area contributed by atoms with Gasteiger partial charge < -0.3 is 4.74 Å². The molecule has 14 heavy (non-hydrogen) atoms. The molecular formula is C7H10F2O4S. The third-order valence-electron chi connectivity index (χ3n) is 2.19. The highest BCUT2D eigenvalue weighted by molar-refractivity contribution is 7.92. The van der Waals surface area contributed by atoms with Gasteiger partial charge in [-0.2, -0.15) is 8.78 Å². The molecule has 1 aliphatic heterocycles. The maximum Gasteiger partial charge on any atom is 0.378 e. The zero-order valence-corrected chi connectivity index (χ0v) is 8.31. The minimum atomic E-state index is -3.93. The first-order valence-electron chi connectivity index (χ1n) is 4.00. The molecule has 0 aromatic carbocycles. The largest absolute Gasteiger partial charge is 0.465 e. The molecule has 0 aromatic rings. The maximum atomic E-state index is 13.2. The van der Waals surface area contributed by atoms with E-state index in [1.54, 1.807) is 0 Å². The summed E-state index contributed by atoms with van der Waals surface area (Å²) in [5.41, 5.74) is 0. The van der Waals surface area contributed by atoms with Crippen molar-refractivity contribution >= 4 is 15.8 Å². The molecule has 0 spiro atoms. The highest BCUT2D eigenvalue weighted by Gasteiger charge is 2.56. The van der Waals surface area contributed by atoms with E-state index >= 15 is 0 Å². The Kier molecular flexibility index (Phi) is 2.80. The molecule has 1 saturated heterocycles. The van der Waals surface area contributed by atoms with Crippen LogP contribution in [0.3, 0.4) is 0 Å². The van der Waals surface area contributed by atoms with Crippen LogP contribution >= 0.6 is 0 Å². The van der Waals surface area contributed by atoms with Crippen LogP contribution in [-0.4, -0.2) is 38.4 Å². The Balaban J connectivity index is 2.99. The smallest absolute Gasteiger partial charge is 0.378 e. The van der Waals surface area contributed by atoms with Crippen LogP contribution in [0.2, 0.25) is 0 Å². The molecule has 1 unspecified atom stereocenters. The predicted molar refractivity (Wildman–Crippen MR) is 43.8 cm³/mol. The lowest BCUT2D eigenvalue weighted by atomic mass is 10.1. The highest BCUT2D eigenvalue weighted by atomic mass is 32.2. The van der Waals surface area contributed by atoms with Crippen LogP contribution in [0.5, 0.6) is 0 Å². The lowest BCUT2D eigenvalue weighted by Gasteiger charge is -2.19. The Labute approximate surface area is 80.2 Å². The Morgan fingerprint density at radius 3 is 2.43 bits per heavy atom. The fourth-order valence-corrected chi connectivity index (χ4v) is 3.39. The molecule has 0 amide bonds. The Morgan fingerprint density at radius 1 is 1.50 bits per heavy atom. The Bertz CT molecular complexity index is 336. The topological polar surface area (TPSA) is 60.4 Å². The van der Waals surface area contributed by atoms with E-state index in [1.807, 2.05) is 0 Å². The number of carbonyl (C=O) groups is 1. The quantitative estimate of drug-likeness (QED) is 0.641. The molecule has 0 radical (unpaired) electrons. The first-order valence-corrected chi connectivity index (χ1v) is 5.71. The van der Waals surface area contributed by atoms with Crippen molar-refractivity contribution < 1.29 is 26.7 Å². The van der Waals surface area contributed by atoms with Crippen molar-refractivity contribution in [3.8, 4) is 0 Å². The highest BCUT2D eigenvalue weighted by Crippen LogP contribution is 2.34. The fourth-order valence-electron chi connectivity index (χ4n) is 1.47. The lowest BCUT2D eigenvalue weighted by molar-refractivity contribution is -0.168. The molecule has 1 fully saturated rings. The monoisotopic (exact) mass is 228 g/mol. The third-order valence-corrected chi connectivity index (χ3v) is 4.45. The third kappa shape index (κ3) is 1.73. The number of sulfone groups is 1. The summed E-state index contributed by atoms with van der Waals surface area (Å²) in [5.74, 6) is -6.00. The molecule has 1 atom stereocenters. The predicted octanol–water partition coefficient (Wildman–Crippen LogP) is 0.372. The summed E-state index contributed by atoms with van der Waals surface area (Å²) in [6.07, 6.45) is -0.0238. The first kappa shape index (κ1) is 11.4. The summed E-state index contributed by atoms with van der Waals surface area (Å²) in [7, 11) is -3.05. The molecule has 0 aliphatic carbocycles. The van der Waals surface area contributed by atoms with E-state index in [1.165, 1.54) is 0 Å². The van der Waals surface area contributed by atoms with Crippen LogP contribution in [0.25, 0.3) is 0 Å². The second kappa shape index (κ2) is 3.45. The minimum absolute atomic E-state index is 0.166. The Morgan fingerprint density at radius 2 is 2.07 bits per heavy atom. The number of rotatable bonds is 2. The van der Waals surface area contributed by atoms with E-state index in [9.17, 15) is 22.0 Å². The van der Waals surface area contributed by atoms with Crippen LogP contribution < -0.4 is 0 Å². The van der Waals surface area contributed by atoms with Crippen LogP contribution in [0.15, 0.2) is 0 Å². The number of alkyl halides is 2. The van der Waals surface area contributed by atoms with Crippen LogP contribution in [-0.2, 0) is 19.4 Å². The first-order chi connectivity index (χ1) is 6.32. The van der Waals surface area contributed by atoms with E-state index in [4.69, 9.17) is 0 Å². The van der Waals surface area contributed by atoms with Crippen molar-refractivity contribution in [3.05, 3.63) is 0 Å². The molecule has 0 N–H and O–H groups in total. The Hall–Kier alpha value is -0.720. The zero-order chi connectivity index (χ0) is 11.0. The van der Waals surface area contributed by atoms with Crippen molar-refractivity contribution in [3.63, 3.8) is 0 Å². The average Bonchev–Trinajstić information content (AvgIpc) is 2.44. The van der Waals surface area contributed by atoms with Crippen molar-refractivity contribution in [2.45, 2.75) is 24.0 Å². The van der Waals surface area contributed by atoms with E-state index < -0.39 is 27.0 Å². The molecule has 4 nitrogen and oxygen atoms in total. The van der Waals surface area contributed by atoms with E-state index in [2.05, 4.69) is 4.74 Å². The number of halogens is 2. The number of esters is 1. The fraction of sp³-hybridized carbons (Fsp3) is 0.857. The van der Waals surface area contributed by atoms with Gasteiger partial charge in [-0.1, -0.05) is 0 Å².